The summed E-state index contributed by atoms with van der Waals surface area (Å²) in [6.07, 6.45) is 0.934. The molecular formula is C18H19NO4S. The fourth-order valence-corrected chi connectivity index (χ4v) is 4.52. The molecule has 0 aromatic heterocycles. The lowest BCUT2D eigenvalue weighted by atomic mass is 10.00. The Labute approximate surface area is 141 Å². The highest BCUT2D eigenvalue weighted by Crippen LogP contribution is 2.26. The molecule has 2 aromatic rings. The van der Waals surface area contributed by atoms with E-state index in [9.17, 15) is 18.3 Å². The maximum Gasteiger partial charge on any atom is 0.312 e. The molecule has 5 nitrogen and oxygen atoms in total. The number of carbonyl (C=O) groups is 1. The van der Waals surface area contributed by atoms with Crippen LogP contribution in [0.4, 0.5) is 0 Å². The Kier molecular flexibility index (Phi) is 4.69. The second-order valence-electron chi connectivity index (χ2n) is 5.99. The summed E-state index contributed by atoms with van der Waals surface area (Å²) in [6.45, 7) is -0.144. The first-order chi connectivity index (χ1) is 11.5. The summed E-state index contributed by atoms with van der Waals surface area (Å²) in [5, 5.41) is 8.85. The molecule has 0 saturated carbocycles. The number of carboxylic acids is 1. The van der Waals surface area contributed by atoms with Crippen LogP contribution < -0.4 is 4.72 Å². The highest BCUT2D eigenvalue weighted by Gasteiger charge is 2.33. The Balaban J connectivity index is 1.70. The van der Waals surface area contributed by atoms with Crippen molar-refractivity contribution in [2.45, 2.75) is 24.0 Å². The lowest BCUT2D eigenvalue weighted by Gasteiger charge is -2.17. The van der Waals surface area contributed by atoms with Crippen LogP contribution in [0.3, 0.4) is 0 Å². The average Bonchev–Trinajstić information content (AvgIpc) is 3.00. The topological polar surface area (TPSA) is 83.5 Å². The van der Waals surface area contributed by atoms with Crippen LogP contribution in [0.2, 0.25) is 0 Å². The monoisotopic (exact) mass is 345 g/mol. The number of aliphatic carboxylic acids is 1. The summed E-state index contributed by atoms with van der Waals surface area (Å²) in [7, 11) is -3.58. The number of benzene rings is 2. The van der Waals surface area contributed by atoms with Gasteiger partial charge in [0.1, 0.15) is 0 Å². The zero-order valence-electron chi connectivity index (χ0n) is 13.1. The van der Waals surface area contributed by atoms with Crippen molar-refractivity contribution in [2.24, 2.45) is 0 Å². The van der Waals surface area contributed by atoms with Crippen LogP contribution >= 0.6 is 0 Å². The summed E-state index contributed by atoms with van der Waals surface area (Å²) in [5.41, 5.74) is 2.68. The van der Waals surface area contributed by atoms with Crippen molar-refractivity contribution < 1.29 is 18.3 Å². The van der Waals surface area contributed by atoms with Crippen LogP contribution in [-0.4, -0.2) is 31.3 Å². The van der Waals surface area contributed by atoms with Crippen molar-refractivity contribution in [1.82, 2.24) is 4.72 Å². The zero-order chi connectivity index (χ0) is 17.2. The Bertz CT molecular complexity index is 808. The van der Waals surface area contributed by atoms with Crippen molar-refractivity contribution in [3.8, 4) is 0 Å². The number of carboxylic acid groups (broad SMARTS) is 1. The molecule has 1 aliphatic rings. The van der Waals surface area contributed by atoms with Crippen LogP contribution in [0.15, 0.2) is 54.6 Å². The maximum atomic E-state index is 12.6. The predicted molar refractivity (Wildman–Crippen MR) is 91.4 cm³/mol. The summed E-state index contributed by atoms with van der Waals surface area (Å²) < 4.78 is 27.6. The minimum Gasteiger partial charge on any atom is -0.481 e. The normalized spacial score (nSPS) is 15.8. The molecule has 0 aliphatic heterocycles. The van der Waals surface area contributed by atoms with Gasteiger partial charge in [-0.15, -0.1) is 0 Å². The van der Waals surface area contributed by atoms with Crippen LogP contribution in [0.5, 0.6) is 0 Å². The van der Waals surface area contributed by atoms with Gasteiger partial charge in [-0.25, -0.2) is 13.1 Å². The van der Waals surface area contributed by atoms with Crippen molar-refractivity contribution in [3.63, 3.8) is 0 Å². The van der Waals surface area contributed by atoms with E-state index in [4.69, 9.17) is 0 Å². The fraction of sp³-hybridized carbons (Fsp3) is 0.278. The Hall–Kier alpha value is -2.18. The first-order valence-electron chi connectivity index (χ1n) is 7.80. The van der Waals surface area contributed by atoms with Gasteiger partial charge in [-0.3, -0.25) is 4.79 Å². The van der Waals surface area contributed by atoms with E-state index in [1.54, 1.807) is 30.3 Å². The quantitative estimate of drug-likeness (QED) is 0.838. The third-order valence-corrected chi connectivity index (χ3v) is 6.22. The average molecular weight is 345 g/mol. The standard InChI is InChI=1S/C18H19NO4S/c20-18(21)17(13-6-2-1-3-7-13)12-19-24(22,23)16-10-14-8-4-5-9-15(14)11-16/h1-9,16-17,19H,10-12H2,(H,20,21). The lowest BCUT2D eigenvalue weighted by molar-refractivity contribution is -0.138. The summed E-state index contributed by atoms with van der Waals surface area (Å²) in [5.74, 6) is -1.94. The molecule has 6 heteroatoms. The van der Waals surface area contributed by atoms with Gasteiger partial charge in [0.15, 0.2) is 0 Å². The van der Waals surface area contributed by atoms with Gasteiger partial charge < -0.3 is 5.11 Å². The van der Waals surface area contributed by atoms with Gasteiger partial charge in [-0.05, 0) is 29.5 Å². The van der Waals surface area contributed by atoms with Crippen LogP contribution in [0.1, 0.15) is 22.6 Å². The SMILES string of the molecule is O=C(O)C(CNS(=O)(=O)C1Cc2ccccc2C1)c1ccccc1. The summed E-state index contributed by atoms with van der Waals surface area (Å²) in [6, 6.07) is 16.3. The number of nitrogens with one attached hydrogen (secondary N) is 1. The molecule has 0 spiro atoms. The Morgan fingerprint density at radius 1 is 1.04 bits per heavy atom. The van der Waals surface area contributed by atoms with E-state index in [0.717, 1.165) is 11.1 Å². The summed E-state index contributed by atoms with van der Waals surface area (Å²) >= 11 is 0. The molecule has 2 aromatic carbocycles. The van der Waals surface area contributed by atoms with E-state index in [-0.39, 0.29) is 6.54 Å². The summed E-state index contributed by atoms with van der Waals surface area (Å²) in [4.78, 5) is 11.5. The molecule has 2 N–H and O–H groups in total. The van der Waals surface area contributed by atoms with E-state index in [1.165, 1.54) is 0 Å². The molecule has 0 radical (unpaired) electrons. The first kappa shape index (κ1) is 16.7. The number of fused-ring (bicyclic) bond motifs is 1. The molecule has 0 heterocycles. The van der Waals surface area contributed by atoms with Gasteiger partial charge >= 0.3 is 5.97 Å². The zero-order valence-corrected chi connectivity index (χ0v) is 13.9. The molecule has 1 aliphatic carbocycles. The molecule has 3 rings (SSSR count). The Morgan fingerprint density at radius 3 is 2.12 bits per heavy atom. The second-order valence-corrected chi connectivity index (χ2v) is 8.04. The molecule has 126 valence electrons. The van der Waals surface area contributed by atoms with Crippen molar-refractivity contribution in [1.29, 1.82) is 0 Å². The number of rotatable bonds is 6. The van der Waals surface area contributed by atoms with Gasteiger partial charge in [0.2, 0.25) is 10.0 Å². The fourth-order valence-electron chi connectivity index (χ4n) is 3.09. The number of sulfonamides is 1. The van der Waals surface area contributed by atoms with Gasteiger partial charge in [0.05, 0.1) is 11.2 Å². The molecule has 1 atom stereocenters. The van der Waals surface area contributed by atoms with E-state index >= 15 is 0 Å². The van der Waals surface area contributed by atoms with Crippen LogP contribution in [0.25, 0.3) is 0 Å². The molecule has 24 heavy (non-hydrogen) atoms. The Morgan fingerprint density at radius 2 is 1.58 bits per heavy atom. The van der Waals surface area contributed by atoms with Crippen molar-refractivity contribution >= 4 is 16.0 Å². The van der Waals surface area contributed by atoms with E-state index in [2.05, 4.69) is 4.72 Å². The van der Waals surface area contributed by atoms with Crippen LogP contribution in [-0.2, 0) is 27.7 Å². The number of hydrogen-bond acceptors (Lipinski definition) is 3. The van der Waals surface area contributed by atoms with Gasteiger partial charge in [0.25, 0.3) is 0 Å². The smallest absolute Gasteiger partial charge is 0.312 e. The number of hydrogen-bond donors (Lipinski definition) is 2. The van der Waals surface area contributed by atoms with Crippen molar-refractivity contribution in [3.05, 3.63) is 71.3 Å². The molecule has 1 unspecified atom stereocenters. The highest BCUT2D eigenvalue weighted by atomic mass is 32.2. The first-order valence-corrected chi connectivity index (χ1v) is 9.35. The van der Waals surface area contributed by atoms with Gasteiger partial charge in [-0.1, -0.05) is 54.6 Å². The lowest BCUT2D eigenvalue weighted by Crippen LogP contribution is -2.38. The molecule has 0 bridgehead atoms. The molecule has 0 saturated heterocycles. The van der Waals surface area contributed by atoms with Gasteiger partial charge in [0, 0.05) is 6.54 Å². The highest BCUT2D eigenvalue weighted by molar-refractivity contribution is 7.90. The predicted octanol–water partition coefficient (Wildman–Crippen LogP) is 1.94. The minimum absolute atomic E-state index is 0.144. The largest absolute Gasteiger partial charge is 0.481 e. The molecule has 0 fully saturated rings. The minimum atomic E-state index is -3.58. The van der Waals surface area contributed by atoms with E-state index < -0.39 is 27.2 Å². The van der Waals surface area contributed by atoms with Crippen LogP contribution in [0, 0.1) is 0 Å². The van der Waals surface area contributed by atoms with Crippen molar-refractivity contribution in [2.75, 3.05) is 6.54 Å². The third-order valence-electron chi connectivity index (χ3n) is 4.44. The second kappa shape index (κ2) is 6.75. The third kappa shape index (κ3) is 3.49. The van der Waals surface area contributed by atoms with E-state index in [0.29, 0.717) is 18.4 Å². The molecule has 0 amide bonds. The van der Waals surface area contributed by atoms with Gasteiger partial charge in [-0.2, -0.15) is 0 Å². The maximum absolute atomic E-state index is 12.6. The molecular weight excluding hydrogens is 326 g/mol. The van der Waals surface area contributed by atoms with E-state index in [1.807, 2.05) is 24.3 Å².